The Morgan fingerprint density at radius 3 is 2.70 bits per heavy atom. The van der Waals surface area contributed by atoms with Crippen LogP contribution in [-0.4, -0.2) is 11.3 Å². The van der Waals surface area contributed by atoms with E-state index in [2.05, 4.69) is 4.98 Å². The van der Waals surface area contributed by atoms with Crippen molar-refractivity contribution in [2.45, 2.75) is 32.8 Å². The molecule has 0 saturated heterocycles. The van der Waals surface area contributed by atoms with Gasteiger partial charge in [0.1, 0.15) is 6.61 Å². The number of aldehydes is 1. The first-order chi connectivity index (χ1) is 9.79. The molecule has 0 N–H and O–H groups in total. The number of carbonyl (C=O) groups excluding carboxylic acids is 1. The van der Waals surface area contributed by atoms with E-state index in [1.54, 1.807) is 0 Å². The van der Waals surface area contributed by atoms with Gasteiger partial charge < -0.3 is 4.74 Å². The van der Waals surface area contributed by atoms with Crippen LogP contribution in [0.2, 0.25) is 0 Å². The van der Waals surface area contributed by atoms with Crippen molar-refractivity contribution in [3.63, 3.8) is 0 Å². The molecule has 3 rings (SSSR count). The Labute approximate surface area is 118 Å². The van der Waals surface area contributed by atoms with Crippen LogP contribution in [0.3, 0.4) is 0 Å². The summed E-state index contributed by atoms with van der Waals surface area (Å²) in [5.41, 5.74) is 5.07. The molecular formula is C17H17NO2. The van der Waals surface area contributed by atoms with Crippen LogP contribution < -0.4 is 4.74 Å². The maximum Gasteiger partial charge on any atom is 0.224 e. The first-order valence-corrected chi connectivity index (χ1v) is 6.94. The minimum absolute atomic E-state index is 0.437. The van der Waals surface area contributed by atoms with Crippen molar-refractivity contribution in [2.24, 2.45) is 0 Å². The van der Waals surface area contributed by atoms with Gasteiger partial charge in [0.2, 0.25) is 5.88 Å². The highest BCUT2D eigenvalue weighted by Crippen LogP contribution is 2.31. The number of nitrogens with zero attached hydrogens (tertiary/aromatic N) is 1. The predicted octanol–water partition coefficient (Wildman–Crippen LogP) is 3.27. The summed E-state index contributed by atoms with van der Waals surface area (Å²) >= 11 is 0. The van der Waals surface area contributed by atoms with Crippen molar-refractivity contribution in [1.29, 1.82) is 0 Å². The lowest BCUT2D eigenvalue weighted by Crippen LogP contribution is -2.06. The van der Waals surface area contributed by atoms with Crippen LogP contribution in [0.4, 0.5) is 0 Å². The fourth-order valence-corrected chi connectivity index (χ4v) is 2.81. The molecule has 0 atom stereocenters. The molecule has 0 fully saturated rings. The summed E-state index contributed by atoms with van der Waals surface area (Å²) in [6, 6.07) is 9.92. The highest BCUT2D eigenvalue weighted by molar-refractivity contribution is 5.82. The summed E-state index contributed by atoms with van der Waals surface area (Å²) in [4.78, 5) is 15.9. The quantitative estimate of drug-likeness (QED) is 0.798. The third kappa shape index (κ3) is 2.31. The van der Waals surface area contributed by atoms with Gasteiger partial charge in [-0.3, -0.25) is 4.79 Å². The maximum atomic E-state index is 11.4. The number of hydrogen-bond acceptors (Lipinski definition) is 3. The molecule has 0 aliphatic heterocycles. The molecule has 0 unspecified atom stereocenters. The molecule has 0 amide bonds. The van der Waals surface area contributed by atoms with E-state index >= 15 is 0 Å². The predicted molar refractivity (Wildman–Crippen MR) is 77.2 cm³/mol. The first-order valence-electron chi connectivity index (χ1n) is 6.94. The maximum absolute atomic E-state index is 11.4. The molecule has 0 saturated carbocycles. The Balaban J connectivity index is 1.90. The summed E-state index contributed by atoms with van der Waals surface area (Å²) < 4.78 is 5.78. The van der Waals surface area contributed by atoms with E-state index in [9.17, 15) is 4.79 Å². The Bertz CT molecular complexity index is 635. The number of aryl methyl sites for hydroxylation is 1. The molecule has 1 heterocycles. The van der Waals surface area contributed by atoms with E-state index in [1.165, 1.54) is 5.56 Å². The standard InChI is InChI=1S/C17H17NO2/c1-12-14-8-5-9-15(14)16(10-19)17(18-12)20-11-13-6-3-2-4-7-13/h2-4,6-7,10H,5,8-9,11H2,1H3. The lowest BCUT2D eigenvalue weighted by molar-refractivity contribution is 0.111. The number of carbonyl (C=O) groups is 1. The average molecular weight is 267 g/mol. The van der Waals surface area contributed by atoms with E-state index in [0.29, 0.717) is 18.1 Å². The smallest absolute Gasteiger partial charge is 0.224 e. The summed E-state index contributed by atoms with van der Waals surface area (Å²) in [5.74, 6) is 0.474. The molecule has 20 heavy (non-hydrogen) atoms. The third-order valence-electron chi connectivity index (χ3n) is 3.82. The Hall–Kier alpha value is -2.16. The highest BCUT2D eigenvalue weighted by atomic mass is 16.5. The topological polar surface area (TPSA) is 39.2 Å². The van der Waals surface area contributed by atoms with Crippen molar-refractivity contribution in [3.05, 3.63) is 58.3 Å². The minimum Gasteiger partial charge on any atom is -0.472 e. The number of ether oxygens (including phenoxy) is 1. The zero-order chi connectivity index (χ0) is 13.9. The van der Waals surface area contributed by atoms with E-state index in [0.717, 1.165) is 42.4 Å². The summed E-state index contributed by atoms with van der Waals surface area (Å²) in [6.45, 7) is 2.43. The van der Waals surface area contributed by atoms with E-state index in [-0.39, 0.29) is 0 Å². The van der Waals surface area contributed by atoms with Gasteiger partial charge in [-0.1, -0.05) is 30.3 Å². The fourth-order valence-electron chi connectivity index (χ4n) is 2.81. The van der Waals surface area contributed by atoms with Crippen molar-refractivity contribution in [3.8, 4) is 5.88 Å². The van der Waals surface area contributed by atoms with Gasteiger partial charge in [0, 0.05) is 5.69 Å². The lowest BCUT2D eigenvalue weighted by atomic mass is 10.0. The zero-order valence-corrected chi connectivity index (χ0v) is 11.6. The molecule has 1 aliphatic rings. The minimum atomic E-state index is 0.437. The molecule has 102 valence electrons. The average Bonchev–Trinajstić information content (AvgIpc) is 2.96. The second kappa shape index (κ2) is 5.45. The van der Waals surface area contributed by atoms with E-state index in [1.807, 2.05) is 37.3 Å². The number of aromatic nitrogens is 1. The molecule has 0 radical (unpaired) electrons. The van der Waals surface area contributed by atoms with Gasteiger partial charge >= 0.3 is 0 Å². The number of benzene rings is 1. The van der Waals surface area contributed by atoms with Crippen LogP contribution in [0.5, 0.6) is 5.88 Å². The van der Waals surface area contributed by atoms with Crippen LogP contribution in [0.25, 0.3) is 0 Å². The van der Waals surface area contributed by atoms with Crippen LogP contribution in [0.15, 0.2) is 30.3 Å². The first kappa shape index (κ1) is 12.9. The highest BCUT2D eigenvalue weighted by Gasteiger charge is 2.22. The van der Waals surface area contributed by atoms with Crippen LogP contribution in [0, 0.1) is 6.92 Å². The van der Waals surface area contributed by atoms with Crippen molar-refractivity contribution in [2.75, 3.05) is 0 Å². The van der Waals surface area contributed by atoms with Gasteiger partial charge in [-0.25, -0.2) is 4.98 Å². The Kier molecular flexibility index (Phi) is 3.50. The molecule has 0 spiro atoms. The van der Waals surface area contributed by atoms with Crippen LogP contribution in [-0.2, 0) is 19.4 Å². The molecular weight excluding hydrogens is 250 g/mol. The Morgan fingerprint density at radius 1 is 1.20 bits per heavy atom. The number of rotatable bonds is 4. The SMILES string of the molecule is Cc1nc(OCc2ccccc2)c(C=O)c2c1CCC2. The van der Waals surface area contributed by atoms with E-state index in [4.69, 9.17) is 4.74 Å². The van der Waals surface area contributed by atoms with Gasteiger partial charge in [-0.2, -0.15) is 0 Å². The number of fused-ring (bicyclic) bond motifs is 1. The van der Waals surface area contributed by atoms with Gasteiger partial charge in [-0.05, 0) is 42.9 Å². The Morgan fingerprint density at radius 2 is 1.95 bits per heavy atom. The largest absolute Gasteiger partial charge is 0.472 e. The summed E-state index contributed by atoms with van der Waals surface area (Å²) in [5, 5.41) is 0. The molecule has 0 bridgehead atoms. The van der Waals surface area contributed by atoms with Crippen molar-refractivity contribution >= 4 is 6.29 Å². The van der Waals surface area contributed by atoms with Crippen LogP contribution >= 0.6 is 0 Å². The monoisotopic (exact) mass is 267 g/mol. The molecule has 1 aromatic heterocycles. The fraction of sp³-hybridized carbons (Fsp3) is 0.294. The molecule has 3 nitrogen and oxygen atoms in total. The number of pyridine rings is 1. The van der Waals surface area contributed by atoms with Gasteiger partial charge in [-0.15, -0.1) is 0 Å². The second-order valence-corrected chi connectivity index (χ2v) is 5.12. The molecule has 2 aromatic rings. The van der Waals surface area contributed by atoms with Crippen molar-refractivity contribution in [1.82, 2.24) is 4.98 Å². The van der Waals surface area contributed by atoms with Crippen molar-refractivity contribution < 1.29 is 9.53 Å². The van der Waals surface area contributed by atoms with Gasteiger partial charge in [0.25, 0.3) is 0 Å². The number of hydrogen-bond donors (Lipinski definition) is 0. The van der Waals surface area contributed by atoms with Crippen LogP contribution in [0.1, 0.15) is 39.2 Å². The summed E-state index contributed by atoms with van der Waals surface area (Å²) in [6.07, 6.45) is 3.96. The van der Waals surface area contributed by atoms with Gasteiger partial charge in [0.15, 0.2) is 6.29 Å². The third-order valence-corrected chi connectivity index (χ3v) is 3.82. The summed E-state index contributed by atoms with van der Waals surface area (Å²) in [7, 11) is 0. The molecule has 3 heteroatoms. The normalized spacial score (nSPS) is 13.1. The van der Waals surface area contributed by atoms with E-state index < -0.39 is 0 Å². The zero-order valence-electron chi connectivity index (χ0n) is 11.6. The molecule has 1 aromatic carbocycles. The molecule has 1 aliphatic carbocycles. The van der Waals surface area contributed by atoms with Gasteiger partial charge in [0.05, 0.1) is 5.56 Å². The second-order valence-electron chi connectivity index (χ2n) is 5.12. The lowest BCUT2D eigenvalue weighted by Gasteiger charge is -2.13.